The second-order valence-electron chi connectivity index (χ2n) is 4.48. The Labute approximate surface area is 95.4 Å². The zero-order valence-corrected chi connectivity index (χ0v) is 9.65. The summed E-state index contributed by atoms with van der Waals surface area (Å²) in [7, 11) is 0. The lowest BCUT2D eigenvalue weighted by atomic mass is 9.99. The third-order valence-corrected chi connectivity index (χ3v) is 2.61. The van der Waals surface area contributed by atoms with Crippen LogP contribution in [0.3, 0.4) is 0 Å². The van der Waals surface area contributed by atoms with Gasteiger partial charge in [0.15, 0.2) is 6.29 Å². The predicted molar refractivity (Wildman–Crippen MR) is 57.0 cm³/mol. The summed E-state index contributed by atoms with van der Waals surface area (Å²) in [5.41, 5.74) is -1.21. The summed E-state index contributed by atoms with van der Waals surface area (Å²) in [6, 6.07) is 0. The fourth-order valence-corrected chi connectivity index (χ4v) is 1.67. The Balaban J connectivity index is 2.15. The van der Waals surface area contributed by atoms with Crippen LogP contribution in [-0.4, -0.2) is 41.3 Å². The van der Waals surface area contributed by atoms with E-state index in [9.17, 15) is 9.90 Å². The first-order valence-corrected chi connectivity index (χ1v) is 5.67. The van der Waals surface area contributed by atoms with Crippen LogP contribution in [0.25, 0.3) is 0 Å². The van der Waals surface area contributed by atoms with Crippen molar-refractivity contribution in [2.75, 3.05) is 13.2 Å². The van der Waals surface area contributed by atoms with Crippen LogP contribution in [0.4, 0.5) is 0 Å². The molecular formula is C11H20O5. The number of rotatable bonds is 6. The van der Waals surface area contributed by atoms with Crippen LogP contribution in [0.15, 0.2) is 0 Å². The number of ether oxygens (including phenoxy) is 2. The van der Waals surface area contributed by atoms with Gasteiger partial charge in [-0.2, -0.15) is 0 Å². The standard InChI is InChI=1S/C11H20O5/c1-11(14,8-9(12)13)5-7-16-10-4-2-3-6-15-10/h10,14H,2-8H2,1H3,(H,12,13). The Hall–Kier alpha value is -0.650. The minimum atomic E-state index is -1.21. The first-order chi connectivity index (χ1) is 7.49. The molecule has 2 unspecified atom stereocenters. The van der Waals surface area contributed by atoms with Gasteiger partial charge in [0.1, 0.15) is 0 Å². The van der Waals surface area contributed by atoms with Crippen molar-refractivity contribution in [2.45, 2.75) is 50.9 Å². The number of hydrogen-bond donors (Lipinski definition) is 2. The highest BCUT2D eigenvalue weighted by Crippen LogP contribution is 2.17. The summed E-state index contributed by atoms with van der Waals surface area (Å²) in [5.74, 6) is -1.00. The summed E-state index contributed by atoms with van der Waals surface area (Å²) >= 11 is 0. The van der Waals surface area contributed by atoms with Crippen LogP contribution in [0.5, 0.6) is 0 Å². The Morgan fingerprint density at radius 1 is 1.56 bits per heavy atom. The van der Waals surface area contributed by atoms with Gasteiger partial charge in [-0.25, -0.2) is 0 Å². The van der Waals surface area contributed by atoms with Crippen LogP contribution in [0.2, 0.25) is 0 Å². The van der Waals surface area contributed by atoms with Gasteiger partial charge in [0, 0.05) is 6.61 Å². The second kappa shape index (κ2) is 6.18. The van der Waals surface area contributed by atoms with Gasteiger partial charge >= 0.3 is 5.97 Å². The summed E-state index contributed by atoms with van der Waals surface area (Å²) in [5, 5.41) is 18.3. The highest BCUT2D eigenvalue weighted by Gasteiger charge is 2.24. The van der Waals surface area contributed by atoms with E-state index in [-0.39, 0.29) is 12.7 Å². The van der Waals surface area contributed by atoms with Crippen LogP contribution in [0, 0.1) is 0 Å². The molecule has 0 saturated carbocycles. The third kappa shape index (κ3) is 5.44. The minimum absolute atomic E-state index is 0.186. The molecule has 0 amide bonds. The number of aliphatic carboxylic acids is 1. The number of carboxylic acid groups (broad SMARTS) is 1. The molecule has 1 rings (SSSR count). The van der Waals surface area contributed by atoms with Crippen LogP contribution in [0.1, 0.15) is 39.0 Å². The molecule has 0 aromatic rings. The Kier molecular flexibility index (Phi) is 5.18. The van der Waals surface area contributed by atoms with E-state index in [0.29, 0.717) is 13.0 Å². The molecule has 0 bridgehead atoms. The topological polar surface area (TPSA) is 76.0 Å². The smallest absolute Gasteiger partial charge is 0.306 e. The van der Waals surface area contributed by atoms with Crippen molar-refractivity contribution in [3.05, 3.63) is 0 Å². The molecule has 0 spiro atoms. The third-order valence-electron chi connectivity index (χ3n) is 2.61. The number of carboxylic acids is 1. The van der Waals surface area contributed by atoms with E-state index in [1.54, 1.807) is 0 Å². The Morgan fingerprint density at radius 3 is 2.88 bits per heavy atom. The van der Waals surface area contributed by atoms with Crippen molar-refractivity contribution in [3.63, 3.8) is 0 Å². The zero-order chi connectivity index (χ0) is 12.0. The predicted octanol–water partition coefficient (Wildman–Crippen LogP) is 1.15. The Bertz CT molecular complexity index is 220. The van der Waals surface area contributed by atoms with Crippen molar-refractivity contribution >= 4 is 5.97 Å². The van der Waals surface area contributed by atoms with Gasteiger partial charge < -0.3 is 19.7 Å². The minimum Gasteiger partial charge on any atom is -0.481 e. The van der Waals surface area contributed by atoms with Gasteiger partial charge in [0.25, 0.3) is 0 Å². The van der Waals surface area contributed by atoms with Crippen LogP contribution < -0.4 is 0 Å². The first-order valence-electron chi connectivity index (χ1n) is 5.67. The van der Waals surface area contributed by atoms with Crippen molar-refractivity contribution in [1.29, 1.82) is 0 Å². The van der Waals surface area contributed by atoms with E-state index >= 15 is 0 Å². The van der Waals surface area contributed by atoms with Crippen molar-refractivity contribution in [3.8, 4) is 0 Å². The molecule has 1 aliphatic heterocycles. The van der Waals surface area contributed by atoms with Gasteiger partial charge in [-0.15, -0.1) is 0 Å². The van der Waals surface area contributed by atoms with Gasteiger partial charge in [0.2, 0.25) is 0 Å². The molecule has 94 valence electrons. The lowest BCUT2D eigenvalue weighted by molar-refractivity contribution is -0.170. The molecule has 0 aromatic carbocycles. The van der Waals surface area contributed by atoms with E-state index < -0.39 is 11.6 Å². The van der Waals surface area contributed by atoms with Gasteiger partial charge in [-0.3, -0.25) is 4.79 Å². The molecule has 5 heteroatoms. The molecule has 2 N–H and O–H groups in total. The number of carbonyl (C=O) groups is 1. The maximum Gasteiger partial charge on any atom is 0.306 e. The fourth-order valence-electron chi connectivity index (χ4n) is 1.67. The normalized spacial score (nSPS) is 25.0. The van der Waals surface area contributed by atoms with Crippen molar-refractivity contribution < 1.29 is 24.5 Å². The maximum atomic E-state index is 10.5. The molecule has 1 saturated heterocycles. The highest BCUT2D eigenvalue weighted by atomic mass is 16.7. The van der Waals surface area contributed by atoms with E-state index in [4.69, 9.17) is 14.6 Å². The largest absolute Gasteiger partial charge is 0.481 e. The average molecular weight is 232 g/mol. The highest BCUT2D eigenvalue weighted by molar-refractivity contribution is 5.67. The first kappa shape index (κ1) is 13.4. The molecular weight excluding hydrogens is 212 g/mol. The van der Waals surface area contributed by atoms with Crippen LogP contribution in [-0.2, 0) is 14.3 Å². The maximum absolute atomic E-state index is 10.5. The lowest BCUT2D eigenvalue weighted by Crippen LogP contribution is -2.31. The molecule has 2 atom stereocenters. The SMILES string of the molecule is CC(O)(CCOC1CCCCO1)CC(=O)O. The monoisotopic (exact) mass is 232 g/mol. The van der Waals surface area contributed by atoms with Gasteiger partial charge in [-0.05, 0) is 32.6 Å². The van der Waals surface area contributed by atoms with Crippen molar-refractivity contribution in [1.82, 2.24) is 0 Å². The molecule has 5 nitrogen and oxygen atoms in total. The summed E-state index contributed by atoms with van der Waals surface area (Å²) < 4.78 is 10.8. The summed E-state index contributed by atoms with van der Waals surface area (Å²) in [6.07, 6.45) is 2.89. The van der Waals surface area contributed by atoms with E-state index in [0.717, 1.165) is 25.9 Å². The number of hydrogen-bond acceptors (Lipinski definition) is 4. The van der Waals surface area contributed by atoms with E-state index in [2.05, 4.69) is 0 Å². The zero-order valence-electron chi connectivity index (χ0n) is 9.65. The molecule has 0 aromatic heterocycles. The van der Waals surface area contributed by atoms with Crippen LogP contribution >= 0.6 is 0 Å². The molecule has 0 aliphatic carbocycles. The van der Waals surface area contributed by atoms with Gasteiger partial charge in [-0.1, -0.05) is 0 Å². The van der Waals surface area contributed by atoms with E-state index in [1.807, 2.05) is 0 Å². The molecule has 0 radical (unpaired) electrons. The second-order valence-corrected chi connectivity index (χ2v) is 4.48. The summed E-state index contributed by atoms with van der Waals surface area (Å²) in [6.45, 7) is 2.55. The Morgan fingerprint density at radius 2 is 2.31 bits per heavy atom. The summed E-state index contributed by atoms with van der Waals surface area (Å²) in [4.78, 5) is 10.5. The molecule has 1 heterocycles. The van der Waals surface area contributed by atoms with Gasteiger partial charge in [0.05, 0.1) is 18.6 Å². The van der Waals surface area contributed by atoms with E-state index in [1.165, 1.54) is 6.92 Å². The molecule has 1 fully saturated rings. The average Bonchev–Trinajstić information content (AvgIpc) is 2.16. The van der Waals surface area contributed by atoms with Crippen molar-refractivity contribution in [2.24, 2.45) is 0 Å². The molecule has 16 heavy (non-hydrogen) atoms. The molecule has 1 aliphatic rings. The fraction of sp³-hybridized carbons (Fsp3) is 0.909. The number of aliphatic hydroxyl groups is 1. The lowest BCUT2D eigenvalue weighted by Gasteiger charge is -2.25. The quantitative estimate of drug-likeness (QED) is 0.718.